The molecule has 43 heavy (non-hydrogen) atoms. The summed E-state index contributed by atoms with van der Waals surface area (Å²) in [5.74, 6) is -1.48. The van der Waals surface area contributed by atoms with Gasteiger partial charge in [-0.15, -0.1) is 0 Å². The van der Waals surface area contributed by atoms with Crippen LogP contribution in [0.2, 0.25) is 0 Å². The van der Waals surface area contributed by atoms with Crippen molar-refractivity contribution in [1.82, 2.24) is 10.2 Å². The zero-order chi connectivity index (χ0) is 31.0. The molecule has 0 heterocycles. The first-order valence-corrected chi connectivity index (χ1v) is 15.5. The Morgan fingerprint density at radius 1 is 0.791 bits per heavy atom. The van der Waals surface area contributed by atoms with Crippen molar-refractivity contribution >= 4 is 27.5 Å². The average molecular weight is 602 g/mol. The van der Waals surface area contributed by atoms with E-state index in [4.69, 9.17) is 0 Å². The van der Waals surface area contributed by atoms with Crippen LogP contribution in [0.25, 0.3) is 0 Å². The smallest absolute Gasteiger partial charge is 0.264 e. The van der Waals surface area contributed by atoms with Crippen molar-refractivity contribution in [2.75, 3.05) is 10.8 Å². The molecule has 0 aromatic heterocycles. The van der Waals surface area contributed by atoms with Gasteiger partial charge in [0.15, 0.2) is 0 Å². The van der Waals surface area contributed by atoms with Gasteiger partial charge < -0.3 is 10.2 Å². The third-order valence-electron chi connectivity index (χ3n) is 6.90. The van der Waals surface area contributed by atoms with E-state index in [0.29, 0.717) is 0 Å². The first kappa shape index (κ1) is 31.4. The van der Waals surface area contributed by atoms with E-state index in [-0.39, 0.29) is 35.5 Å². The van der Waals surface area contributed by atoms with Crippen LogP contribution in [-0.4, -0.2) is 43.8 Å². The number of halogens is 1. The average Bonchev–Trinajstić information content (AvgIpc) is 2.99. The molecule has 0 radical (unpaired) electrons. The number of carbonyl (C=O) groups excluding carboxylic acids is 2. The SMILES string of the molecule is Cc1ccc(N(CC(=O)N(Cc2ccccc2)[C@H](Cc2ccccc2)C(=O)NC(C)C)S(=O)(=O)c2ccc(F)cc2)cc1. The molecule has 4 aromatic carbocycles. The lowest BCUT2D eigenvalue weighted by Gasteiger charge is -2.34. The third-order valence-corrected chi connectivity index (χ3v) is 8.69. The Morgan fingerprint density at radius 2 is 1.35 bits per heavy atom. The van der Waals surface area contributed by atoms with Crippen molar-refractivity contribution in [3.05, 3.63) is 132 Å². The van der Waals surface area contributed by atoms with Gasteiger partial charge in [0.1, 0.15) is 18.4 Å². The summed E-state index contributed by atoms with van der Waals surface area (Å²) in [6.07, 6.45) is 0.229. The van der Waals surface area contributed by atoms with Crippen LogP contribution in [0.4, 0.5) is 10.1 Å². The molecule has 0 aliphatic heterocycles. The summed E-state index contributed by atoms with van der Waals surface area (Å²) in [5.41, 5.74) is 2.82. The normalized spacial score (nSPS) is 12.0. The van der Waals surface area contributed by atoms with Gasteiger partial charge in [0.2, 0.25) is 11.8 Å². The number of hydrogen-bond donors (Lipinski definition) is 1. The second-order valence-corrected chi connectivity index (χ2v) is 12.5. The number of nitrogens with one attached hydrogen (secondary N) is 1. The number of amides is 2. The van der Waals surface area contributed by atoms with Gasteiger partial charge in [-0.3, -0.25) is 13.9 Å². The number of rotatable bonds is 12. The van der Waals surface area contributed by atoms with Crippen molar-refractivity contribution in [3.63, 3.8) is 0 Å². The lowest BCUT2D eigenvalue weighted by Crippen LogP contribution is -2.54. The monoisotopic (exact) mass is 601 g/mol. The van der Waals surface area contributed by atoms with Gasteiger partial charge in [-0.05, 0) is 68.3 Å². The Kier molecular flexibility index (Phi) is 10.3. The highest BCUT2D eigenvalue weighted by atomic mass is 32.2. The first-order valence-electron chi connectivity index (χ1n) is 14.1. The van der Waals surface area contributed by atoms with E-state index in [1.165, 1.54) is 17.0 Å². The Bertz CT molecular complexity index is 1610. The van der Waals surface area contributed by atoms with Crippen LogP contribution in [0.1, 0.15) is 30.5 Å². The van der Waals surface area contributed by atoms with E-state index in [2.05, 4.69) is 5.32 Å². The Hall–Kier alpha value is -4.50. The van der Waals surface area contributed by atoms with Crippen molar-refractivity contribution in [1.29, 1.82) is 0 Å². The van der Waals surface area contributed by atoms with Crippen LogP contribution in [0.5, 0.6) is 0 Å². The predicted molar refractivity (Wildman–Crippen MR) is 166 cm³/mol. The molecular weight excluding hydrogens is 565 g/mol. The molecule has 0 saturated carbocycles. The van der Waals surface area contributed by atoms with Crippen molar-refractivity contribution in [2.45, 2.75) is 50.7 Å². The summed E-state index contributed by atoms with van der Waals surface area (Å²) in [7, 11) is -4.29. The van der Waals surface area contributed by atoms with Gasteiger partial charge in [0.25, 0.3) is 10.0 Å². The Labute approximate surface area is 253 Å². The van der Waals surface area contributed by atoms with Crippen LogP contribution >= 0.6 is 0 Å². The molecule has 2 amide bonds. The summed E-state index contributed by atoms with van der Waals surface area (Å²) in [4.78, 5) is 29.3. The van der Waals surface area contributed by atoms with Gasteiger partial charge in [-0.2, -0.15) is 0 Å². The van der Waals surface area contributed by atoms with Crippen molar-refractivity contribution in [2.24, 2.45) is 0 Å². The molecular formula is C34H36FN3O4S. The summed E-state index contributed by atoms with van der Waals surface area (Å²) >= 11 is 0. The number of aryl methyl sites for hydroxylation is 1. The highest BCUT2D eigenvalue weighted by molar-refractivity contribution is 7.92. The largest absolute Gasteiger partial charge is 0.352 e. The second kappa shape index (κ2) is 14.1. The van der Waals surface area contributed by atoms with Gasteiger partial charge in [0, 0.05) is 19.0 Å². The molecule has 0 bridgehead atoms. The van der Waals surface area contributed by atoms with E-state index >= 15 is 0 Å². The van der Waals surface area contributed by atoms with Crippen molar-refractivity contribution in [3.8, 4) is 0 Å². The maximum atomic E-state index is 14.3. The summed E-state index contributed by atoms with van der Waals surface area (Å²) in [6.45, 7) is 5.07. The Balaban J connectivity index is 1.78. The molecule has 0 fully saturated rings. The van der Waals surface area contributed by atoms with Crippen LogP contribution in [0.15, 0.2) is 114 Å². The second-order valence-electron chi connectivity index (χ2n) is 10.7. The number of nitrogens with zero attached hydrogens (tertiary/aromatic N) is 2. The molecule has 4 aromatic rings. The molecule has 7 nitrogen and oxygen atoms in total. The molecule has 0 unspecified atom stereocenters. The highest BCUT2D eigenvalue weighted by Gasteiger charge is 2.34. The quantitative estimate of drug-likeness (QED) is 0.233. The van der Waals surface area contributed by atoms with E-state index in [1.807, 2.05) is 81.4 Å². The number of sulfonamides is 1. The van der Waals surface area contributed by atoms with Crippen molar-refractivity contribution < 1.29 is 22.4 Å². The Morgan fingerprint density at radius 3 is 1.91 bits per heavy atom. The fourth-order valence-corrected chi connectivity index (χ4v) is 6.10. The third kappa shape index (κ3) is 8.29. The molecule has 4 rings (SSSR count). The van der Waals surface area contributed by atoms with Crippen LogP contribution in [-0.2, 0) is 32.6 Å². The summed E-state index contributed by atoms with van der Waals surface area (Å²) < 4.78 is 42.6. The van der Waals surface area contributed by atoms with E-state index in [0.717, 1.165) is 33.1 Å². The fourth-order valence-electron chi connectivity index (χ4n) is 4.69. The van der Waals surface area contributed by atoms with Crippen LogP contribution in [0, 0.1) is 12.7 Å². The molecule has 0 aliphatic carbocycles. The maximum Gasteiger partial charge on any atom is 0.264 e. The van der Waals surface area contributed by atoms with Gasteiger partial charge in [0.05, 0.1) is 10.6 Å². The topological polar surface area (TPSA) is 86.8 Å². The zero-order valence-electron chi connectivity index (χ0n) is 24.5. The van der Waals surface area contributed by atoms with E-state index < -0.39 is 34.3 Å². The fraction of sp³-hybridized carbons (Fsp3) is 0.235. The van der Waals surface area contributed by atoms with Crippen LogP contribution < -0.4 is 9.62 Å². The lowest BCUT2D eigenvalue weighted by atomic mass is 10.0. The predicted octanol–water partition coefficient (Wildman–Crippen LogP) is 5.49. The number of benzene rings is 4. The molecule has 1 N–H and O–H groups in total. The van der Waals surface area contributed by atoms with Crippen LogP contribution in [0.3, 0.4) is 0 Å². The zero-order valence-corrected chi connectivity index (χ0v) is 25.3. The molecule has 1 atom stereocenters. The number of anilines is 1. The number of hydrogen-bond acceptors (Lipinski definition) is 4. The minimum absolute atomic E-state index is 0.0843. The number of carbonyl (C=O) groups is 2. The van der Waals surface area contributed by atoms with E-state index in [1.54, 1.807) is 24.3 Å². The van der Waals surface area contributed by atoms with Gasteiger partial charge in [-0.25, -0.2) is 12.8 Å². The van der Waals surface area contributed by atoms with Gasteiger partial charge >= 0.3 is 0 Å². The van der Waals surface area contributed by atoms with Gasteiger partial charge in [-0.1, -0.05) is 78.4 Å². The first-order chi connectivity index (χ1) is 20.5. The molecule has 0 spiro atoms. The molecule has 9 heteroatoms. The molecule has 224 valence electrons. The minimum atomic E-state index is -4.29. The lowest BCUT2D eigenvalue weighted by molar-refractivity contribution is -0.140. The standard InChI is InChI=1S/C34H36FN3O4S/c1-25(2)36-34(40)32(22-27-10-6-4-7-11-27)37(23-28-12-8-5-9-13-28)33(39)24-38(30-18-14-26(3)15-19-30)43(41,42)31-20-16-29(35)17-21-31/h4-21,25,32H,22-24H2,1-3H3,(H,36,40)/t32-/m1/s1. The summed E-state index contributed by atoms with van der Waals surface area (Å²) in [6, 6.07) is 28.8. The summed E-state index contributed by atoms with van der Waals surface area (Å²) in [5, 5.41) is 2.94. The molecule has 0 aliphatic rings. The minimum Gasteiger partial charge on any atom is -0.352 e. The van der Waals surface area contributed by atoms with E-state index in [9.17, 15) is 22.4 Å². The molecule has 0 saturated heterocycles. The maximum absolute atomic E-state index is 14.3. The highest BCUT2D eigenvalue weighted by Crippen LogP contribution is 2.26.